The highest BCUT2D eigenvalue weighted by Crippen LogP contribution is 2.17. The molecule has 0 unspecified atom stereocenters. The van der Waals surface area contributed by atoms with Crippen molar-refractivity contribution < 1.29 is 18.3 Å². The van der Waals surface area contributed by atoms with Gasteiger partial charge in [-0.25, -0.2) is 8.78 Å². The lowest BCUT2D eigenvalue weighted by Crippen LogP contribution is -2.48. The summed E-state index contributed by atoms with van der Waals surface area (Å²) in [7, 11) is 0. The van der Waals surface area contributed by atoms with Gasteiger partial charge in [-0.2, -0.15) is 0 Å². The quantitative estimate of drug-likeness (QED) is 0.820. The zero-order valence-electron chi connectivity index (χ0n) is 14.8. The SMILES string of the molecule is CCOc1ccc(CN2CCN(C(=O)c3cc(F)ccc3F)CC2)cc1. The molecule has 138 valence electrons. The molecular formula is C20H22F2N2O2. The van der Waals surface area contributed by atoms with Crippen molar-refractivity contribution in [2.45, 2.75) is 13.5 Å². The molecule has 0 atom stereocenters. The van der Waals surface area contributed by atoms with E-state index in [1.54, 1.807) is 4.90 Å². The number of hydrogen-bond donors (Lipinski definition) is 0. The topological polar surface area (TPSA) is 32.8 Å². The normalized spacial score (nSPS) is 15.1. The summed E-state index contributed by atoms with van der Waals surface area (Å²) in [5.74, 6) is -0.899. The van der Waals surface area contributed by atoms with E-state index in [0.717, 1.165) is 30.5 Å². The van der Waals surface area contributed by atoms with Crippen LogP contribution in [0.1, 0.15) is 22.8 Å². The van der Waals surface area contributed by atoms with Crippen molar-refractivity contribution in [2.75, 3.05) is 32.8 Å². The molecule has 3 rings (SSSR count). The molecule has 1 aliphatic heterocycles. The van der Waals surface area contributed by atoms with Crippen molar-refractivity contribution in [3.8, 4) is 5.75 Å². The first-order chi connectivity index (χ1) is 12.6. The zero-order valence-corrected chi connectivity index (χ0v) is 14.8. The number of carbonyl (C=O) groups is 1. The Bertz CT molecular complexity index is 757. The molecule has 6 heteroatoms. The molecule has 0 spiro atoms. The second-order valence-electron chi connectivity index (χ2n) is 6.27. The highest BCUT2D eigenvalue weighted by Gasteiger charge is 2.24. The zero-order chi connectivity index (χ0) is 18.5. The van der Waals surface area contributed by atoms with Crippen LogP contribution in [0, 0.1) is 11.6 Å². The van der Waals surface area contributed by atoms with E-state index in [1.807, 2.05) is 31.2 Å². The van der Waals surface area contributed by atoms with Gasteiger partial charge in [0.05, 0.1) is 12.2 Å². The van der Waals surface area contributed by atoms with Gasteiger partial charge in [0.1, 0.15) is 17.4 Å². The van der Waals surface area contributed by atoms with Crippen LogP contribution < -0.4 is 4.74 Å². The third-order valence-electron chi connectivity index (χ3n) is 4.46. The molecule has 0 saturated carbocycles. The standard InChI is InChI=1S/C20H22F2N2O2/c1-2-26-17-6-3-15(4-7-17)14-23-9-11-24(12-10-23)20(25)18-13-16(21)5-8-19(18)22/h3-8,13H,2,9-12,14H2,1H3. The Hall–Kier alpha value is -2.47. The summed E-state index contributed by atoms with van der Waals surface area (Å²) in [4.78, 5) is 16.2. The second kappa shape index (κ2) is 8.27. The van der Waals surface area contributed by atoms with Gasteiger partial charge in [-0.1, -0.05) is 12.1 Å². The molecule has 0 aromatic heterocycles. The Morgan fingerprint density at radius 1 is 1.04 bits per heavy atom. The molecule has 0 N–H and O–H groups in total. The van der Waals surface area contributed by atoms with Gasteiger partial charge >= 0.3 is 0 Å². The van der Waals surface area contributed by atoms with E-state index in [1.165, 1.54) is 5.56 Å². The fourth-order valence-electron chi connectivity index (χ4n) is 3.06. The number of rotatable bonds is 5. The summed E-state index contributed by atoms with van der Waals surface area (Å²) in [5, 5.41) is 0. The molecule has 4 nitrogen and oxygen atoms in total. The van der Waals surface area contributed by atoms with E-state index < -0.39 is 17.5 Å². The van der Waals surface area contributed by atoms with Crippen LogP contribution in [0.4, 0.5) is 8.78 Å². The average Bonchev–Trinajstić information content (AvgIpc) is 2.66. The Morgan fingerprint density at radius 2 is 1.73 bits per heavy atom. The minimum Gasteiger partial charge on any atom is -0.494 e. The Balaban J connectivity index is 1.55. The summed E-state index contributed by atoms with van der Waals surface area (Å²) >= 11 is 0. The summed E-state index contributed by atoms with van der Waals surface area (Å²) in [5.41, 5.74) is 0.967. The van der Waals surface area contributed by atoms with E-state index in [0.29, 0.717) is 32.8 Å². The molecule has 2 aromatic carbocycles. The van der Waals surface area contributed by atoms with Crippen LogP contribution in [0.25, 0.3) is 0 Å². The molecule has 2 aromatic rings. The first kappa shape index (κ1) is 18.3. The monoisotopic (exact) mass is 360 g/mol. The third-order valence-corrected chi connectivity index (χ3v) is 4.46. The van der Waals surface area contributed by atoms with Gasteiger partial charge < -0.3 is 9.64 Å². The fourth-order valence-corrected chi connectivity index (χ4v) is 3.06. The van der Waals surface area contributed by atoms with Crippen molar-refractivity contribution in [1.82, 2.24) is 9.80 Å². The Kier molecular flexibility index (Phi) is 5.83. The molecule has 1 heterocycles. The number of piperazine rings is 1. The third kappa shape index (κ3) is 4.38. The molecule has 1 amide bonds. The summed E-state index contributed by atoms with van der Waals surface area (Å²) in [6.07, 6.45) is 0. The maximum absolute atomic E-state index is 13.8. The molecule has 0 aliphatic carbocycles. The fraction of sp³-hybridized carbons (Fsp3) is 0.350. The van der Waals surface area contributed by atoms with Gasteiger partial charge in [-0.3, -0.25) is 9.69 Å². The van der Waals surface area contributed by atoms with Gasteiger partial charge in [0.25, 0.3) is 5.91 Å². The van der Waals surface area contributed by atoms with Crippen LogP contribution in [0.15, 0.2) is 42.5 Å². The molecule has 0 radical (unpaired) electrons. The molecule has 26 heavy (non-hydrogen) atoms. The van der Waals surface area contributed by atoms with Gasteiger partial charge in [0.15, 0.2) is 0 Å². The number of halogens is 2. The predicted molar refractivity (Wildman–Crippen MR) is 95.1 cm³/mol. The highest BCUT2D eigenvalue weighted by atomic mass is 19.1. The van der Waals surface area contributed by atoms with Gasteiger partial charge in [0.2, 0.25) is 0 Å². The number of ether oxygens (including phenoxy) is 1. The van der Waals surface area contributed by atoms with Crippen LogP contribution in [0.3, 0.4) is 0 Å². The lowest BCUT2D eigenvalue weighted by Gasteiger charge is -2.34. The summed E-state index contributed by atoms with van der Waals surface area (Å²) < 4.78 is 32.5. The van der Waals surface area contributed by atoms with Gasteiger partial charge in [0, 0.05) is 32.7 Å². The van der Waals surface area contributed by atoms with Crippen LogP contribution in [-0.2, 0) is 6.54 Å². The predicted octanol–water partition coefficient (Wildman–Crippen LogP) is 3.32. The van der Waals surface area contributed by atoms with E-state index in [4.69, 9.17) is 4.74 Å². The van der Waals surface area contributed by atoms with Crippen LogP contribution in [0.2, 0.25) is 0 Å². The first-order valence-electron chi connectivity index (χ1n) is 8.75. The smallest absolute Gasteiger partial charge is 0.257 e. The second-order valence-corrected chi connectivity index (χ2v) is 6.27. The number of amides is 1. The van der Waals surface area contributed by atoms with Crippen LogP contribution >= 0.6 is 0 Å². The van der Waals surface area contributed by atoms with Crippen molar-refractivity contribution in [3.05, 3.63) is 65.2 Å². The van der Waals surface area contributed by atoms with Crippen LogP contribution in [0.5, 0.6) is 5.75 Å². The van der Waals surface area contributed by atoms with E-state index in [9.17, 15) is 13.6 Å². The van der Waals surface area contributed by atoms with Crippen molar-refractivity contribution >= 4 is 5.91 Å². The Morgan fingerprint density at radius 3 is 2.38 bits per heavy atom. The van der Waals surface area contributed by atoms with E-state index in [-0.39, 0.29) is 5.56 Å². The number of carbonyl (C=O) groups excluding carboxylic acids is 1. The average molecular weight is 360 g/mol. The lowest BCUT2D eigenvalue weighted by atomic mass is 10.1. The van der Waals surface area contributed by atoms with E-state index >= 15 is 0 Å². The number of hydrogen-bond acceptors (Lipinski definition) is 3. The van der Waals surface area contributed by atoms with Gasteiger partial charge in [-0.15, -0.1) is 0 Å². The van der Waals surface area contributed by atoms with Crippen molar-refractivity contribution in [1.29, 1.82) is 0 Å². The maximum Gasteiger partial charge on any atom is 0.257 e. The van der Waals surface area contributed by atoms with Crippen LogP contribution in [-0.4, -0.2) is 48.5 Å². The highest BCUT2D eigenvalue weighted by molar-refractivity contribution is 5.94. The molecule has 1 saturated heterocycles. The molecule has 1 fully saturated rings. The van der Waals surface area contributed by atoms with Gasteiger partial charge in [-0.05, 0) is 42.8 Å². The number of nitrogens with zero attached hydrogens (tertiary/aromatic N) is 2. The minimum absolute atomic E-state index is 0.204. The summed E-state index contributed by atoms with van der Waals surface area (Å²) in [6, 6.07) is 10.9. The summed E-state index contributed by atoms with van der Waals surface area (Å²) in [6.45, 7) is 5.73. The number of benzene rings is 2. The Labute approximate surface area is 152 Å². The molecule has 1 aliphatic rings. The lowest BCUT2D eigenvalue weighted by molar-refractivity contribution is 0.0623. The first-order valence-corrected chi connectivity index (χ1v) is 8.75. The van der Waals surface area contributed by atoms with Crippen molar-refractivity contribution in [3.63, 3.8) is 0 Å². The molecule has 0 bridgehead atoms. The maximum atomic E-state index is 13.8. The minimum atomic E-state index is -0.687. The van der Waals surface area contributed by atoms with E-state index in [2.05, 4.69) is 4.90 Å². The van der Waals surface area contributed by atoms with Crippen molar-refractivity contribution in [2.24, 2.45) is 0 Å². The molecular weight excluding hydrogens is 338 g/mol. The largest absolute Gasteiger partial charge is 0.494 e.